The first kappa shape index (κ1) is 29.3. The van der Waals surface area contributed by atoms with E-state index in [1.165, 1.54) is 50.2 Å². The van der Waals surface area contributed by atoms with E-state index in [9.17, 15) is 26.4 Å². The van der Waals surface area contributed by atoms with E-state index in [1.54, 1.807) is 37.3 Å². The molecule has 208 valence electrons. The van der Waals surface area contributed by atoms with Crippen LogP contribution in [0.2, 0.25) is 0 Å². The predicted octanol–water partition coefficient (Wildman–Crippen LogP) is 4.74. The van der Waals surface area contributed by atoms with E-state index in [1.807, 2.05) is 0 Å². The molecule has 3 aromatic rings. The topological polar surface area (TPSA) is 169 Å². The minimum absolute atomic E-state index is 0.0616. The van der Waals surface area contributed by atoms with Crippen molar-refractivity contribution in [3.05, 3.63) is 72.3 Å². The van der Waals surface area contributed by atoms with Gasteiger partial charge in [-0.05, 0) is 62.7 Å². The van der Waals surface area contributed by atoms with Crippen molar-refractivity contribution >= 4 is 55.0 Å². The van der Waals surface area contributed by atoms with Crippen LogP contribution in [-0.2, 0) is 20.2 Å². The summed E-state index contributed by atoms with van der Waals surface area (Å²) >= 11 is 0. The Kier molecular flexibility index (Phi) is 9.37. The zero-order chi connectivity index (χ0) is 28.6. The molecule has 4 amide bonds. The lowest BCUT2D eigenvalue weighted by atomic mass is 10.2. The van der Waals surface area contributed by atoms with Crippen LogP contribution in [0.3, 0.4) is 0 Å². The molecule has 4 N–H and O–H groups in total. The summed E-state index contributed by atoms with van der Waals surface area (Å²) in [5.74, 6) is -0.271. The van der Waals surface area contributed by atoms with Gasteiger partial charge in [0.15, 0.2) is 0 Å². The summed E-state index contributed by atoms with van der Waals surface area (Å²) in [6.07, 6.45) is 0. The Balaban J connectivity index is 1.63. The highest BCUT2D eigenvalue weighted by atomic mass is 32.2. The Morgan fingerprint density at radius 3 is 1.54 bits per heavy atom. The molecule has 0 saturated heterocycles. The van der Waals surface area contributed by atoms with E-state index in [4.69, 9.17) is 8.37 Å². The van der Waals surface area contributed by atoms with E-state index in [2.05, 4.69) is 21.3 Å². The smallest absolute Gasteiger partial charge is 0.323 e. The molecule has 0 aromatic heterocycles. The van der Waals surface area contributed by atoms with Crippen LogP contribution in [0.4, 0.5) is 32.3 Å². The molecule has 0 fully saturated rings. The van der Waals surface area contributed by atoms with Crippen molar-refractivity contribution in [3.8, 4) is 11.5 Å². The normalized spacial score (nSPS) is 11.3. The molecule has 0 unspecified atom stereocenters. The molecule has 12 nitrogen and oxygen atoms in total. The first-order valence-electron chi connectivity index (χ1n) is 11.7. The van der Waals surface area contributed by atoms with Gasteiger partial charge in [0.2, 0.25) is 0 Å². The van der Waals surface area contributed by atoms with E-state index in [-0.39, 0.29) is 23.0 Å². The number of anilines is 4. The maximum absolute atomic E-state index is 12.6. The average molecular weight is 577 g/mol. The number of carbonyl (C=O) groups is 2. The molecule has 0 saturated carbocycles. The Morgan fingerprint density at radius 1 is 0.641 bits per heavy atom. The fourth-order valence-corrected chi connectivity index (χ4v) is 4.10. The van der Waals surface area contributed by atoms with Crippen molar-refractivity contribution in [1.29, 1.82) is 0 Å². The molecule has 39 heavy (non-hydrogen) atoms. The van der Waals surface area contributed by atoms with Crippen molar-refractivity contribution in [2.24, 2.45) is 0 Å². The molecule has 3 rings (SSSR count). The second-order valence-electron chi connectivity index (χ2n) is 8.10. The third-order valence-corrected chi connectivity index (χ3v) is 7.39. The maximum atomic E-state index is 12.6. The van der Waals surface area contributed by atoms with Gasteiger partial charge < -0.3 is 29.6 Å². The number of aryl methyl sites for hydroxylation is 1. The summed E-state index contributed by atoms with van der Waals surface area (Å²) in [5, 5.41) is 10.5. The summed E-state index contributed by atoms with van der Waals surface area (Å²) in [7, 11) is -7.43. The fourth-order valence-electron chi connectivity index (χ4n) is 3.07. The van der Waals surface area contributed by atoms with Crippen molar-refractivity contribution in [2.75, 3.05) is 32.8 Å². The summed E-state index contributed by atoms with van der Waals surface area (Å²) in [5.41, 5.74) is 2.10. The summed E-state index contributed by atoms with van der Waals surface area (Å²) in [6.45, 7) is 4.67. The van der Waals surface area contributed by atoms with Crippen LogP contribution in [0.5, 0.6) is 11.5 Å². The molecule has 0 bridgehead atoms. The van der Waals surface area contributed by atoms with Crippen LogP contribution < -0.4 is 29.6 Å². The second kappa shape index (κ2) is 12.5. The first-order valence-corrected chi connectivity index (χ1v) is 14.8. The zero-order valence-electron chi connectivity index (χ0n) is 21.3. The maximum Gasteiger partial charge on any atom is 0.323 e. The minimum atomic E-state index is -3.72. The van der Waals surface area contributed by atoms with Crippen molar-refractivity contribution in [2.45, 2.75) is 20.8 Å². The van der Waals surface area contributed by atoms with Gasteiger partial charge in [0.25, 0.3) is 0 Å². The van der Waals surface area contributed by atoms with Gasteiger partial charge in [-0.25, -0.2) is 9.59 Å². The summed E-state index contributed by atoms with van der Waals surface area (Å²) < 4.78 is 56.6. The van der Waals surface area contributed by atoms with Crippen LogP contribution in [0.15, 0.2) is 66.7 Å². The quantitative estimate of drug-likeness (QED) is 0.251. The number of hydrogen-bond acceptors (Lipinski definition) is 8. The molecule has 0 atom stereocenters. The van der Waals surface area contributed by atoms with Crippen LogP contribution in [0.25, 0.3) is 0 Å². The monoisotopic (exact) mass is 576 g/mol. The van der Waals surface area contributed by atoms with Gasteiger partial charge in [-0.3, -0.25) is 0 Å². The van der Waals surface area contributed by atoms with Gasteiger partial charge in [0.05, 0.1) is 11.5 Å². The van der Waals surface area contributed by atoms with Crippen molar-refractivity contribution in [1.82, 2.24) is 0 Å². The number of rotatable bonds is 10. The molecule has 0 radical (unpaired) electrons. The van der Waals surface area contributed by atoms with E-state index < -0.39 is 32.3 Å². The lowest BCUT2D eigenvalue weighted by Gasteiger charge is -2.13. The number of amides is 4. The standard InChI is InChI=1S/C25H28N4O8S2/c1-4-38(32,33)36-21-10-6-8-18(14-21)26-24(30)28-20-13-12-17(3)23(16-20)29-25(31)27-19-9-7-11-22(15-19)37-39(34,35)5-2/h6-16H,4-5H2,1-3H3,(H2,26,28,30)(H2,27,29,31). The fraction of sp³-hybridized carbons (Fsp3) is 0.200. The lowest BCUT2D eigenvalue weighted by molar-refractivity contribution is 0.261. The minimum Gasteiger partial charge on any atom is -0.382 e. The zero-order valence-corrected chi connectivity index (χ0v) is 23.0. The number of carbonyl (C=O) groups excluding carboxylic acids is 2. The SMILES string of the molecule is CCS(=O)(=O)Oc1cccc(NC(=O)Nc2ccc(C)c(NC(=O)Nc3cccc(OS(=O)(=O)CC)c3)c2)c1. The summed E-state index contributed by atoms with van der Waals surface area (Å²) in [4.78, 5) is 25.1. The molecule has 0 spiro atoms. The highest BCUT2D eigenvalue weighted by Crippen LogP contribution is 2.23. The molecule has 0 heterocycles. The second-order valence-corrected chi connectivity index (χ2v) is 11.8. The van der Waals surface area contributed by atoms with Gasteiger partial charge in [-0.15, -0.1) is 0 Å². The number of urea groups is 2. The Labute approximate surface area is 227 Å². The molecular formula is C25H28N4O8S2. The van der Waals surface area contributed by atoms with Crippen LogP contribution in [0, 0.1) is 6.92 Å². The number of benzene rings is 3. The summed E-state index contributed by atoms with van der Waals surface area (Å²) in [6, 6.07) is 15.5. The van der Waals surface area contributed by atoms with Crippen LogP contribution in [0.1, 0.15) is 19.4 Å². The molecule has 0 aliphatic carbocycles. The van der Waals surface area contributed by atoms with Gasteiger partial charge in [0, 0.05) is 34.9 Å². The highest BCUT2D eigenvalue weighted by Gasteiger charge is 2.13. The average Bonchev–Trinajstić information content (AvgIpc) is 2.86. The van der Waals surface area contributed by atoms with E-state index in [0.717, 1.165) is 0 Å². The van der Waals surface area contributed by atoms with E-state index in [0.29, 0.717) is 28.3 Å². The van der Waals surface area contributed by atoms with Crippen LogP contribution >= 0.6 is 0 Å². The first-order chi connectivity index (χ1) is 18.4. The Morgan fingerprint density at radius 2 is 1.08 bits per heavy atom. The van der Waals surface area contributed by atoms with Gasteiger partial charge in [-0.1, -0.05) is 18.2 Å². The predicted molar refractivity (Wildman–Crippen MR) is 150 cm³/mol. The highest BCUT2D eigenvalue weighted by molar-refractivity contribution is 7.87. The third kappa shape index (κ3) is 9.19. The Bertz CT molecular complexity index is 1570. The Hall–Kier alpha value is -4.30. The largest absolute Gasteiger partial charge is 0.382 e. The third-order valence-electron chi connectivity index (χ3n) is 5.08. The molecule has 0 aliphatic rings. The van der Waals surface area contributed by atoms with Gasteiger partial charge in [0.1, 0.15) is 11.5 Å². The molecular weight excluding hydrogens is 548 g/mol. The molecule has 0 aliphatic heterocycles. The van der Waals surface area contributed by atoms with Crippen LogP contribution in [-0.4, -0.2) is 40.4 Å². The van der Waals surface area contributed by atoms with Crippen molar-refractivity contribution < 1.29 is 34.8 Å². The van der Waals surface area contributed by atoms with Crippen molar-refractivity contribution in [3.63, 3.8) is 0 Å². The van der Waals surface area contributed by atoms with Gasteiger partial charge in [-0.2, -0.15) is 16.8 Å². The molecule has 3 aromatic carbocycles. The number of hydrogen-bond donors (Lipinski definition) is 4. The van der Waals surface area contributed by atoms with Gasteiger partial charge >= 0.3 is 32.3 Å². The number of nitrogens with one attached hydrogen (secondary N) is 4. The molecule has 14 heteroatoms. The van der Waals surface area contributed by atoms with E-state index >= 15 is 0 Å². The lowest BCUT2D eigenvalue weighted by Crippen LogP contribution is -2.21.